The standard InChI is InChI=1S/C19H20ClIN2OS/c1-13-10-14(12-23-6-8-25-9-7-23)2-5-18(13)22-19(24)16-4-3-15(20)11-17(16)21/h2-5,10-11H,6-9,12H2,1H3,(H,22,24). The van der Waals surface area contributed by atoms with E-state index in [0.717, 1.165) is 34.5 Å². The van der Waals surface area contributed by atoms with Gasteiger partial charge in [0.05, 0.1) is 5.56 Å². The van der Waals surface area contributed by atoms with Crippen molar-refractivity contribution in [2.24, 2.45) is 0 Å². The molecule has 0 unspecified atom stereocenters. The van der Waals surface area contributed by atoms with E-state index in [9.17, 15) is 4.79 Å². The van der Waals surface area contributed by atoms with Crippen LogP contribution in [0.4, 0.5) is 5.69 Å². The van der Waals surface area contributed by atoms with Crippen LogP contribution < -0.4 is 5.32 Å². The molecule has 3 rings (SSSR count). The molecule has 1 saturated heterocycles. The summed E-state index contributed by atoms with van der Waals surface area (Å²) in [6, 6.07) is 11.6. The molecule has 1 amide bonds. The van der Waals surface area contributed by atoms with Gasteiger partial charge in [0, 0.05) is 45.4 Å². The van der Waals surface area contributed by atoms with Crippen molar-refractivity contribution in [3.05, 3.63) is 61.7 Å². The van der Waals surface area contributed by atoms with Gasteiger partial charge in [-0.25, -0.2) is 0 Å². The molecule has 1 N–H and O–H groups in total. The molecule has 1 heterocycles. The van der Waals surface area contributed by atoms with Crippen molar-refractivity contribution in [2.75, 3.05) is 29.9 Å². The van der Waals surface area contributed by atoms with E-state index in [-0.39, 0.29) is 5.91 Å². The van der Waals surface area contributed by atoms with Gasteiger partial charge in [-0.1, -0.05) is 23.7 Å². The van der Waals surface area contributed by atoms with E-state index in [1.54, 1.807) is 18.2 Å². The zero-order chi connectivity index (χ0) is 17.8. The second kappa shape index (κ2) is 8.75. The number of benzene rings is 2. The lowest BCUT2D eigenvalue weighted by Crippen LogP contribution is -2.31. The van der Waals surface area contributed by atoms with Gasteiger partial charge in [0.1, 0.15) is 0 Å². The van der Waals surface area contributed by atoms with Gasteiger partial charge in [0.15, 0.2) is 0 Å². The Labute approximate surface area is 171 Å². The Hall–Kier alpha value is -0.760. The highest BCUT2D eigenvalue weighted by Crippen LogP contribution is 2.22. The Bertz CT molecular complexity index is 778. The lowest BCUT2D eigenvalue weighted by atomic mass is 10.1. The molecule has 6 heteroatoms. The van der Waals surface area contributed by atoms with Crippen molar-refractivity contribution >= 4 is 57.5 Å². The summed E-state index contributed by atoms with van der Waals surface area (Å²) in [4.78, 5) is 15.0. The predicted octanol–water partition coefficient (Wildman–Crippen LogP) is 5.05. The summed E-state index contributed by atoms with van der Waals surface area (Å²) < 4.78 is 0.847. The lowest BCUT2D eigenvalue weighted by molar-refractivity contribution is 0.102. The molecule has 0 saturated carbocycles. The van der Waals surface area contributed by atoms with Gasteiger partial charge in [-0.05, 0) is 64.9 Å². The molecule has 0 spiro atoms. The van der Waals surface area contributed by atoms with Crippen molar-refractivity contribution in [1.82, 2.24) is 4.90 Å². The van der Waals surface area contributed by atoms with Crippen LogP contribution in [-0.4, -0.2) is 35.4 Å². The molecule has 25 heavy (non-hydrogen) atoms. The number of rotatable bonds is 4. The number of carbonyl (C=O) groups excluding carboxylic acids is 1. The molecule has 132 valence electrons. The highest BCUT2D eigenvalue weighted by atomic mass is 127. The number of carbonyl (C=O) groups is 1. The zero-order valence-corrected chi connectivity index (χ0v) is 17.7. The maximum absolute atomic E-state index is 12.5. The molecular formula is C19H20ClIN2OS. The van der Waals surface area contributed by atoms with Crippen LogP contribution in [0.5, 0.6) is 0 Å². The molecular weight excluding hydrogens is 467 g/mol. The predicted molar refractivity (Wildman–Crippen MR) is 116 cm³/mol. The summed E-state index contributed by atoms with van der Waals surface area (Å²) in [7, 11) is 0. The van der Waals surface area contributed by atoms with Crippen LogP contribution in [0.15, 0.2) is 36.4 Å². The summed E-state index contributed by atoms with van der Waals surface area (Å²) in [6.07, 6.45) is 0. The zero-order valence-electron chi connectivity index (χ0n) is 14.0. The topological polar surface area (TPSA) is 32.3 Å². The number of nitrogens with zero attached hydrogens (tertiary/aromatic N) is 1. The Kier molecular flexibility index (Phi) is 6.66. The normalized spacial score (nSPS) is 15.2. The molecule has 1 aliphatic heterocycles. The Morgan fingerprint density at radius 3 is 2.68 bits per heavy atom. The van der Waals surface area contributed by atoms with Gasteiger partial charge in [-0.2, -0.15) is 11.8 Å². The number of aryl methyl sites for hydroxylation is 1. The number of anilines is 1. The average Bonchev–Trinajstić information content (AvgIpc) is 2.58. The van der Waals surface area contributed by atoms with Crippen molar-refractivity contribution in [3.63, 3.8) is 0 Å². The fourth-order valence-electron chi connectivity index (χ4n) is 2.85. The van der Waals surface area contributed by atoms with Crippen LogP contribution in [0, 0.1) is 10.5 Å². The molecule has 0 aliphatic carbocycles. The number of hydrogen-bond acceptors (Lipinski definition) is 3. The average molecular weight is 487 g/mol. The largest absolute Gasteiger partial charge is 0.322 e. The number of hydrogen-bond donors (Lipinski definition) is 1. The minimum absolute atomic E-state index is 0.107. The van der Waals surface area contributed by atoms with Crippen molar-refractivity contribution in [1.29, 1.82) is 0 Å². The molecule has 2 aromatic carbocycles. The summed E-state index contributed by atoms with van der Waals surface area (Å²) in [5.41, 5.74) is 3.87. The SMILES string of the molecule is Cc1cc(CN2CCSCC2)ccc1NC(=O)c1ccc(Cl)cc1I. The maximum atomic E-state index is 12.5. The maximum Gasteiger partial charge on any atom is 0.256 e. The van der Waals surface area contributed by atoms with Crippen LogP contribution in [0.1, 0.15) is 21.5 Å². The van der Waals surface area contributed by atoms with Crippen LogP contribution in [-0.2, 0) is 6.54 Å². The van der Waals surface area contributed by atoms with Gasteiger partial charge < -0.3 is 5.32 Å². The van der Waals surface area contributed by atoms with E-state index in [1.807, 2.05) is 24.8 Å². The van der Waals surface area contributed by atoms with Gasteiger partial charge in [0.25, 0.3) is 5.91 Å². The smallest absolute Gasteiger partial charge is 0.256 e. The number of halogens is 2. The van der Waals surface area contributed by atoms with E-state index in [4.69, 9.17) is 11.6 Å². The highest BCUT2D eigenvalue weighted by molar-refractivity contribution is 14.1. The second-order valence-electron chi connectivity index (χ2n) is 6.12. The molecule has 0 aromatic heterocycles. The van der Waals surface area contributed by atoms with Crippen molar-refractivity contribution in [3.8, 4) is 0 Å². The summed E-state index contributed by atoms with van der Waals surface area (Å²) in [5, 5.41) is 3.65. The third-order valence-electron chi connectivity index (χ3n) is 4.22. The minimum atomic E-state index is -0.107. The first-order chi connectivity index (χ1) is 12.0. The number of amides is 1. The minimum Gasteiger partial charge on any atom is -0.322 e. The third-order valence-corrected chi connectivity index (χ3v) is 6.29. The lowest BCUT2D eigenvalue weighted by Gasteiger charge is -2.26. The van der Waals surface area contributed by atoms with E-state index >= 15 is 0 Å². The van der Waals surface area contributed by atoms with Gasteiger partial charge in [-0.15, -0.1) is 0 Å². The van der Waals surface area contributed by atoms with E-state index in [2.05, 4.69) is 44.9 Å². The quantitative estimate of drug-likeness (QED) is 0.614. The van der Waals surface area contributed by atoms with E-state index in [0.29, 0.717) is 10.6 Å². The van der Waals surface area contributed by atoms with Crippen LogP contribution in [0.25, 0.3) is 0 Å². The van der Waals surface area contributed by atoms with Gasteiger partial charge in [-0.3, -0.25) is 9.69 Å². The molecule has 0 bridgehead atoms. The van der Waals surface area contributed by atoms with Gasteiger partial charge >= 0.3 is 0 Å². The Balaban J connectivity index is 1.69. The highest BCUT2D eigenvalue weighted by Gasteiger charge is 2.14. The van der Waals surface area contributed by atoms with Crippen LogP contribution >= 0.6 is 46.0 Å². The second-order valence-corrected chi connectivity index (χ2v) is 8.94. The first kappa shape index (κ1) is 19.0. The molecule has 3 nitrogen and oxygen atoms in total. The van der Waals surface area contributed by atoms with E-state index in [1.165, 1.54) is 17.1 Å². The first-order valence-corrected chi connectivity index (χ1v) is 10.8. The van der Waals surface area contributed by atoms with Crippen LogP contribution in [0.3, 0.4) is 0 Å². The molecule has 1 aliphatic rings. The first-order valence-electron chi connectivity index (χ1n) is 8.19. The number of nitrogens with one attached hydrogen (secondary N) is 1. The molecule has 0 atom stereocenters. The monoisotopic (exact) mass is 486 g/mol. The summed E-state index contributed by atoms with van der Waals surface area (Å²) in [6.45, 7) is 5.32. The fourth-order valence-corrected chi connectivity index (χ4v) is 4.94. The van der Waals surface area contributed by atoms with E-state index < -0.39 is 0 Å². The molecule has 2 aromatic rings. The summed E-state index contributed by atoms with van der Waals surface area (Å²) in [5.74, 6) is 2.32. The Morgan fingerprint density at radius 1 is 1.24 bits per heavy atom. The number of thioether (sulfide) groups is 1. The van der Waals surface area contributed by atoms with Crippen LogP contribution in [0.2, 0.25) is 5.02 Å². The summed E-state index contributed by atoms with van der Waals surface area (Å²) >= 11 is 10.1. The molecule has 0 radical (unpaired) electrons. The van der Waals surface area contributed by atoms with Crippen molar-refractivity contribution in [2.45, 2.75) is 13.5 Å². The molecule has 1 fully saturated rings. The third kappa shape index (κ3) is 5.12. The van der Waals surface area contributed by atoms with Crippen molar-refractivity contribution < 1.29 is 4.79 Å². The van der Waals surface area contributed by atoms with Gasteiger partial charge in [0.2, 0.25) is 0 Å². The fraction of sp³-hybridized carbons (Fsp3) is 0.316. The Morgan fingerprint density at radius 2 is 2.00 bits per heavy atom.